The van der Waals surface area contributed by atoms with Crippen LogP contribution < -0.4 is 5.32 Å². The first-order valence-electron chi connectivity index (χ1n) is 5.60. The van der Waals surface area contributed by atoms with Crippen molar-refractivity contribution in [3.8, 4) is 0 Å². The molecule has 0 amide bonds. The topological polar surface area (TPSA) is 30.5 Å². The molecule has 0 aromatic heterocycles. The zero-order valence-electron chi connectivity index (χ0n) is 9.42. The van der Waals surface area contributed by atoms with Gasteiger partial charge in [-0.15, -0.1) is 0 Å². The van der Waals surface area contributed by atoms with Crippen LogP contribution in [0, 0.1) is 5.92 Å². The van der Waals surface area contributed by atoms with Crippen molar-refractivity contribution >= 4 is 0 Å². The predicted molar refractivity (Wildman–Crippen MR) is 57.5 cm³/mol. The minimum atomic E-state index is 0.609. The highest BCUT2D eigenvalue weighted by molar-refractivity contribution is 4.72. The van der Waals surface area contributed by atoms with E-state index >= 15 is 0 Å². The summed E-state index contributed by atoms with van der Waals surface area (Å²) in [4.78, 5) is 0. The molecule has 1 saturated heterocycles. The van der Waals surface area contributed by atoms with Crippen molar-refractivity contribution < 1.29 is 9.47 Å². The Morgan fingerprint density at radius 1 is 1.43 bits per heavy atom. The number of hydrogen-bond acceptors (Lipinski definition) is 3. The molecular formula is C11H23NO2. The van der Waals surface area contributed by atoms with E-state index in [4.69, 9.17) is 9.47 Å². The van der Waals surface area contributed by atoms with E-state index in [0.29, 0.717) is 6.04 Å². The first-order valence-corrected chi connectivity index (χ1v) is 5.60. The Kier molecular flexibility index (Phi) is 6.15. The van der Waals surface area contributed by atoms with E-state index in [-0.39, 0.29) is 0 Å². The van der Waals surface area contributed by atoms with Crippen LogP contribution in [0.3, 0.4) is 0 Å². The van der Waals surface area contributed by atoms with Crippen LogP contribution >= 0.6 is 0 Å². The van der Waals surface area contributed by atoms with Gasteiger partial charge < -0.3 is 14.8 Å². The maximum Gasteiger partial charge on any atom is 0.0477 e. The van der Waals surface area contributed by atoms with E-state index < -0.39 is 0 Å². The molecule has 14 heavy (non-hydrogen) atoms. The van der Waals surface area contributed by atoms with Gasteiger partial charge in [0.15, 0.2) is 0 Å². The Hall–Kier alpha value is -0.120. The molecule has 1 N–H and O–H groups in total. The molecule has 0 radical (unpaired) electrons. The fourth-order valence-corrected chi connectivity index (χ4v) is 2.02. The highest BCUT2D eigenvalue weighted by atomic mass is 16.5. The highest BCUT2D eigenvalue weighted by Gasteiger charge is 2.17. The van der Waals surface area contributed by atoms with Crippen molar-refractivity contribution in [2.75, 3.05) is 34.0 Å². The number of hydrogen-bond donors (Lipinski definition) is 1. The maximum absolute atomic E-state index is 5.35. The van der Waals surface area contributed by atoms with Crippen molar-refractivity contribution in [1.82, 2.24) is 5.32 Å². The van der Waals surface area contributed by atoms with Crippen molar-refractivity contribution in [3.63, 3.8) is 0 Å². The summed E-state index contributed by atoms with van der Waals surface area (Å²) in [5, 5.41) is 3.36. The SMILES string of the molecule is CNC(CCOC)CC1CCOCC1. The minimum absolute atomic E-state index is 0.609. The smallest absolute Gasteiger partial charge is 0.0477 e. The predicted octanol–water partition coefficient (Wildman–Crippen LogP) is 1.43. The largest absolute Gasteiger partial charge is 0.385 e. The van der Waals surface area contributed by atoms with Gasteiger partial charge in [-0.1, -0.05) is 0 Å². The second-order valence-corrected chi connectivity index (χ2v) is 4.06. The summed E-state index contributed by atoms with van der Waals surface area (Å²) in [7, 11) is 3.81. The molecule has 84 valence electrons. The van der Waals surface area contributed by atoms with E-state index in [9.17, 15) is 0 Å². The number of rotatable bonds is 6. The van der Waals surface area contributed by atoms with Gasteiger partial charge in [0, 0.05) is 33.0 Å². The molecule has 0 spiro atoms. The summed E-state index contributed by atoms with van der Waals surface area (Å²) < 4.78 is 10.4. The number of ether oxygens (including phenoxy) is 2. The van der Waals surface area contributed by atoms with E-state index in [2.05, 4.69) is 5.32 Å². The number of methoxy groups -OCH3 is 1. The molecule has 1 fully saturated rings. The highest BCUT2D eigenvalue weighted by Crippen LogP contribution is 2.20. The zero-order valence-corrected chi connectivity index (χ0v) is 9.42. The van der Waals surface area contributed by atoms with Crippen LogP contribution in [0.1, 0.15) is 25.7 Å². The molecule has 0 aliphatic carbocycles. The summed E-state index contributed by atoms with van der Waals surface area (Å²) in [6.07, 6.45) is 4.84. The Morgan fingerprint density at radius 2 is 2.14 bits per heavy atom. The van der Waals surface area contributed by atoms with Crippen molar-refractivity contribution in [3.05, 3.63) is 0 Å². The molecule has 0 saturated carbocycles. The van der Waals surface area contributed by atoms with Gasteiger partial charge in [0.25, 0.3) is 0 Å². The van der Waals surface area contributed by atoms with Gasteiger partial charge in [-0.2, -0.15) is 0 Å². The summed E-state index contributed by atoms with van der Waals surface area (Å²) >= 11 is 0. The van der Waals surface area contributed by atoms with Crippen molar-refractivity contribution in [2.45, 2.75) is 31.7 Å². The standard InChI is InChI=1S/C11H23NO2/c1-12-11(5-6-13-2)9-10-3-7-14-8-4-10/h10-12H,3-9H2,1-2H3. The molecule has 1 atom stereocenters. The third kappa shape index (κ3) is 4.40. The van der Waals surface area contributed by atoms with Gasteiger partial charge in [0.1, 0.15) is 0 Å². The second kappa shape index (κ2) is 7.21. The first-order chi connectivity index (χ1) is 6.86. The van der Waals surface area contributed by atoms with Crippen LogP contribution in [0.4, 0.5) is 0 Å². The first kappa shape index (κ1) is 12.0. The average Bonchev–Trinajstić information content (AvgIpc) is 2.25. The van der Waals surface area contributed by atoms with Gasteiger partial charge in [0.2, 0.25) is 0 Å². The lowest BCUT2D eigenvalue weighted by Crippen LogP contribution is -2.31. The van der Waals surface area contributed by atoms with E-state index in [0.717, 1.165) is 32.2 Å². The lowest BCUT2D eigenvalue weighted by Gasteiger charge is -2.26. The van der Waals surface area contributed by atoms with Crippen LogP contribution in [0.15, 0.2) is 0 Å². The van der Waals surface area contributed by atoms with E-state index in [1.54, 1.807) is 7.11 Å². The lowest BCUT2D eigenvalue weighted by atomic mass is 9.91. The molecule has 0 aromatic rings. The van der Waals surface area contributed by atoms with Crippen molar-refractivity contribution in [1.29, 1.82) is 0 Å². The Labute approximate surface area is 87.2 Å². The van der Waals surface area contributed by atoms with E-state index in [1.165, 1.54) is 19.3 Å². The summed E-state index contributed by atoms with van der Waals surface area (Å²) in [6, 6.07) is 0.609. The summed E-state index contributed by atoms with van der Waals surface area (Å²) in [6.45, 7) is 2.76. The quantitative estimate of drug-likeness (QED) is 0.705. The summed E-state index contributed by atoms with van der Waals surface area (Å²) in [5.41, 5.74) is 0. The third-order valence-corrected chi connectivity index (χ3v) is 3.04. The molecule has 1 aliphatic heterocycles. The monoisotopic (exact) mass is 201 g/mol. The molecule has 3 nitrogen and oxygen atoms in total. The lowest BCUT2D eigenvalue weighted by molar-refractivity contribution is 0.0592. The molecule has 1 aliphatic rings. The van der Waals surface area contributed by atoms with Gasteiger partial charge in [-0.3, -0.25) is 0 Å². The third-order valence-electron chi connectivity index (χ3n) is 3.04. The zero-order chi connectivity index (χ0) is 10.2. The normalized spacial score (nSPS) is 21.0. The fourth-order valence-electron chi connectivity index (χ4n) is 2.02. The van der Waals surface area contributed by atoms with Crippen LogP contribution in [-0.2, 0) is 9.47 Å². The van der Waals surface area contributed by atoms with Gasteiger partial charge >= 0.3 is 0 Å². The van der Waals surface area contributed by atoms with Crippen LogP contribution in [0.5, 0.6) is 0 Å². The van der Waals surface area contributed by atoms with Gasteiger partial charge in [-0.25, -0.2) is 0 Å². The van der Waals surface area contributed by atoms with Crippen molar-refractivity contribution in [2.24, 2.45) is 5.92 Å². The van der Waals surface area contributed by atoms with Crippen LogP contribution in [0.25, 0.3) is 0 Å². The van der Waals surface area contributed by atoms with E-state index in [1.807, 2.05) is 7.05 Å². The molecular weight excluding hydrogens is 178 g/mol. The molecule has 1 heterocycles. The Balaban J connectivity index is 2.16. The molecule has 0 aromatic carbocycles. The molecule has 3 heteroatoms. The molecule has 1 rings (SSSR count). The number of nitrogens with one attached hydrogen (secondary N) is 1. The molecule has 0 bridgehead atoms. The van der Waals surface area contributed by atoms with Gasteiger partial charge in [-0.05, 0) is 38.6 Å². The maximum atomic E-state index is 5.35. The Bertz CT molecular complexity index is 135. The minimum Gasteiger partial charge on any atom is -0.385 e. The summed E-state index contributed by atoms with van der Waals surface area (Å²) in [5.74, 6) is 0.845. The van der Waals surface area contributed by atoms with Gasteiger partial charge in [0.05, 0.1) is 0 Å². The fraction of sp³-hybridized carbons (Fsp3) is 1.00. The second-order valence-electron chi connectivity index (χ2n) is 4.06. The van der Waals surface area contributed by atoms with Crippen LogP contribution in [0.2, 0.25) is 0 Å². The Morgan fingerprint density at radius 3 is 2.71 bits per heavy atom. The van der Waals surface area contributed by atoms with Crippen LogP contribution in [-0.4, -0.2) is 40.0 Å². The molecule has 1 unspecified atom stereocenters. The average molecular weight is 201 g/mol.